The summed E-state index contributed by atoms with van der Waals surface area (Å²) in [4.78, 5) is 22.7. The van der Waals surface area contributed by atoms with Gasteiger partial charge >= 0.3 is 0 Å². The fourth-order valence-electron chi connectivity index (χ4n) is 3.86. The number of nitrogens with zero attached hydrogens (tertiary/aromatic N) is 3. The number of fused-ring (bicyclic) bond motifs is 1. The van der Waals surface area contributed by atoms with Crippen molar-refractivity contribution < 1.29 is 18.7 Å². The molecule has 0 atom stereocenters. The van der Waals surface area contributed by atoms with Crippen molar-refractivity contribution in [2.24, 2.45) is 5.73 Å². The summed E-state index contributed by atoms with van der Waals surface area (Å²) in [5.41, 5.74) is 9.40. The summed E-state index contributed by atoms with van der Waals surface area (Å²) >= 11 is 0. The molecule has 0 bridgehead atoms. The number of rotatable bonds is 6. The highest BCUT2D eigenvalue weighted by molar-refractivity contribution is 5.92. The first-order valence-corrected chi connectivity index (χ1v) is 9.86. The van der Waals surface area contributed by atoms with Gasteiger partial charge in [0, 0.05) is 43.5 Å². The normalized spacial score (nSPS) is 13.5. The van der Waals surface area contributed by atoms with Crippen LogP contribution in [0.25, 0.3) is 11.1 Å². The van der Waals surface area contributed by atoms with Crippen molar-refractivity contribution in [1.29, 1.82) is 0 Å². The Hall–Kier alpha value is -3.52. The van der Waals surface area contributed by atoms with E-state index < -0.39 is 11.7 Å². The minimum Gasteiger partial charge on any atom is -0.497 e. The molecule has 0 radical (unpaired) electrons. The molecular weight excluding hydrogens is 399 g/mol. The molecule has 1 aliphatic rings. The highest BCUT2D eigenvalue weighted by Crippen LogP contribution is 2.33. The van der Waals surface area contributed by atoms with Gasteiger partial charge in [0.05, 0.1) is 19.9 Å². The highest BCUT2D eigenvalue weighted by atomic mass is 19.1. The maximum Gasteiger partial charge on any atom is 0.267 e. The van der Waals surface area contributed by atoms with E-state index in [1.807, 2.05) is 12.1 Å². The Morgan fingerprint density at radius 3 is 2.71 bits per heavy atom. The number of hydrogen-bond donors (Lipinski definition) is 1. The van der Waals surface area contributed by atoms with Gasteiger partial charge in [-0.2, -0.15) is 0 Å². The van der Waals surface area contributed by atoms with Crippen molar-refractivity contribution in [3.8, 4) is 22.8 Å². The number of amides is 1. The summed E-state index contributed by atoms with van der Waals surface area (Å²) in [6.07, 6.45) is 2.38. The van der Waals surface area contributed by atoms with Crippen molar-refractivity contribution in [2.75, 3.05) is 20.8 Å². The molecule has 8 heteroatoms. The van der Waals surface area contributed by atoms with Gasteiger partial charge in [-0.05, 0) is 47.4 Å². The fraction of sp³-hybridized carbons (Fsp3) is 0.261. The maximum absolute atomic E-state index is 14.8. The van der Waals surface area contributed by atoms with Crippen molar-refractivity contribution in [1.82, 2.24) is 14.9 Å². The Bertz CT molecular complexity index is 1140. The largest absolute Gasteiger partial charge is 0.497 e. The standard InChI is InChI=1S/C23H23FN4O3/c1-30-15-3-4-16(19(24)10-15)18-11-20(23(25)29)27-21-13-28(8-6-17(18)21)12-14-5-7-26-22(9-14)31-2/h3-5,7,9-11H,6,8,12-13H2,1-2H3,(H2,25,29). The molecule has 2 N–H and O–H groups in total. The van der Waals surface area contributed by atoms with E-state index in [2.05, 4.69) is 14.9 Å². The Kier molecular flexibility index (Phi) is 5.81. The highest BCUT2D eigenvalue weighted by Gasteiger charge is 2.24. The Balaban J connectivity index is 1.69. The van der Waals surface area contributed by atoms with Crippen LogP contribution in [0.1, 0.15) is 27.3 Å². The number of primary amides is 1. The zero-order valence-corrected chi connectivity index (χ0v) is 17.4. The maximum atomic E-state index is 14.8. The van der Waals surface area contributed by atoms with E-state index in [1.54, 1.807) is 31.5 Å². The van der Waals surface area contributed by atoms with Crippen LogP contribution in [0.15, 0.2) is 42.6 Å². The number of carbonyl (C=O) groups is 1. The van der Waals surface area contributed by atoms with E-state index in [0.717, 1.165) is 23.4 Å². The zero-order valence-electron chi connectivity index (χ0n) is 17.4. The number of nitrogens with two attached hydrogens (primary N) is 1. The smallest absolute Gasteiger partial charge is 0.267 e. The Morgan fingerprint density at radius 2 is 2.00 bits per heavy atom. The average Bonchev–Trinajstić information content (AvgIpc) is 2.78. The molecule has 1 amide bonds. The topological polar surface area (TPSA) is 90.6 Å². The average molecular weight is 422 g/mol. The number of carbonyl (C=O) groups excluding carboxylic acids is 1. The molecule has 160 valence electrons. The van der Waals surface area contributed by atoms with Crippen molar-refractivity contribution in [3.63, 3.8) is 0 Å². The molecule has 31 heavy (non-hydrogen) atoms. The second kappa shape index (κ2) is 8.69. The lowest BCUT2D eigenvalue weighted by Crippen LogP contribution is -2.32. The molecule has 0 saturated heterocycles. The van der Waals surface area contributed by atoms with Gasteiger partial charge in [-0.15, -0.1) is 0 Å². The van der Waals surface area contributed by atoms with E-state index >= 15 is 0 Å². The number of halogens is 1. The quantitative estimate of drug-likeness (QED) is 0.657. The molecule has 2 aromatic heterocycles. The first kappa shape index (κ1) is 20.7. The van der Waals surface area contributed by atoms with Crippen LogP contribution >= 0.6 is 0 Å². The Labute approximate surface area is 179 Å². The lowest BCUT2D eigenvalue weighted by Gasteiger charge is -2.30. The SMILES string of the molecule is COc1ccc(-c2cc(C(N)=O)nc3c2CCN(Cc2ccnc(OC)c2)C3)c(F)c1. The van der Waals surface area contributed by atoms with E-state index in [9.17, 15) is 9.18 Å². The number of methoxy groups -OCH3 is 2. The molecule has 0 fully saturated rings. The first-order valence-electron chi connectivity index (χ1n) is 9.86. The number of aromatic nitrogens is 2. The van der Waals surface area contributed by atoms with Crippen molar-refractivity contribution in [2.45, 2.75) is 19.5 Å². The van der Waals surface area contributed by atoms with Crippen LogP contribution in [0.5, 0.6) is 11.6 Å². The summed E-state index contributed by atoms with van der Waals surface area (Å²) in [5.74, 6) is -0.0805. The monoisotopic (exact) mass is 422 g/mol. The molecule has 0 saturated carbocycles. The molecule has 0 unspecified atom stereocenters. The number of hydrogen-bond acceptors (Lipinski definition) is 6. The Morgan fingerprint density at radius 1 is 1.16 bits per heavy atom. The van der Waals surface area contributed by atoms with Gasteiger partial charge in [0.15, 0.2) is 0 Å². The van der Waals surface area contributed by atoms with Gasteiger partial charge in [0.25, 0.3) is 5.91 Å². The summed E-state index contributed by atoms with van der Waals surface area (Å²) in [6, 6.07) is 10.1. The lowest BCUT2D eigenvalue weighted by atomic mass is 9.92. The molecule has 1 aromatic carbocycles. The summed E-state index contributed by atoms with van der Waals surface area (Å²) < 4.78 is 25.1. The predicted molar refractivity (Wildman–Crippen MR) is 113 cm³/mol. The van der Waals surface area contributed by atoms with Gasteiger partial charge < -0.3 is 15.2 Å². The van der Waals surface area contributed by atoms with Gasteiger partial charge in [0.1, 0.15) is 17.3 Å². The van der Waals surface area contributed by atoms with Crippen LogP contribution in [-0.2, 0) is 19.5 Å². The first-order chi connectivity index (χ1) is 15.0. The summed E-state index contributed by atoms with van der Waals surface area (Å²) in [7, 11) is 3.07. The summed E-state index contributed by atoms with van der Waals surface area (Å²) in [5, 5.41) is 0. The molecule has 4 rings (SSSR count). The molecule has 0 spiro atoms. The number of benzene rings is 1. The van der Waals surface area contributed by atoms with Gasteiger partial charge in [-0.3, -0.25) is 9.69 Å². The molecular formula is C23H23FN4O3. The van der Waals surface area contributed by atoms with E-state index in [-0.39, 0.29) is 5.69 Å². The van der Waals surface area contributed by atoms with Crippen LogP contribution in [0, 0.1) is 5.82 Å². The third kappa shape index (κ3) is 4.34. The zero-order chi connectivity index (χ0) is 22.0. The molecule has 3 aromatic rings. The van der Waals surface area contributed by atoms with Crippen molar-refractivity contribution >= 4 is 5.91 Å². The van der Waals surface area contributed by atoms with Crippen LogP contribution in [-0.4, -0.2) is 41.5 Å². The third-order valence-electron chi connectivity index (χ3n) is 5.39. The van der Waals surface area contributed by atoms with E-state index in [4.69, 9.17) is 15.2 Å². The van der Waals surface area contributed by atoms with Crippen LogP contribution in [0.2, 0.25) is 0 Å². The lowest BCUT2D eigenvalue weighted by molar-refractivity contribution is 0.0994. The second-order valence-electron chi connectivity index (χ2n) is 7.36. The van der Waals surface area contributed by atoms with Crippen LogP contribution in [0.3, 0.4) is 0 Å². The molecule has 0 aliphatic carbocycles. The van der Waals surface area contributed by atoms with E-state index in [1.165, 1.54) is 13.2 Å². The minimum atomic E-state index is -0.644. The van der Waals surface area contributed by atoms with Gasteiger partial charge in [0.2, 0.25) is 5.88 Å². The second-order valence-corrected chi connectivity index (χ2v) is 7.36. The third-order valence-corrected chi connectivity index (χ3v) is 5.39. The number of pyridine rings is 2. The molecule has 1 aliphatic heterocycles. The molecule has 3 heterocycles. The number of ether oxygens (including phenoxy) is 2. The van der Waals surface area contributed by atoms with Gasteiger partial charge in [-0.1, -0.05) is 0 Å². The molecule has 7 nitrogen and oxygen atoms in total. The fourth-order valence-corrected chi connectivity index (χ4v) is 3.86. The van der Waals surface area contributed by atoms with E-state index in [0.29, 0.717) is 42.3 Å². The van der Waals surface area contributed by atoms with Crippen molar-refractivity contribution in [3.05, 3.63) is 70.9 Å². The predicted octanol–water partition coefficient (Wildman–Crippen LogP) is 2.96. The van der Waals surface area contributed by atoms with Crippen LogP contribution in [0.4, 0.5) is 4.39 Å². The van der Waals surface area contributed by atoms with Gasteiger partial charge in [-0.25, -0.2) is 14.4 Å². The summed E-state index contributed by atoms with van der Waals surface area (Å²) in [6.45, 7) is 1.96. The minimum absolute atomic E-state index is 0.122. The van der Waals surface area contributed by atoms with Crippen LogP contribution < -0.4 is 15.2 Å².